The number of methoxy groups -OCH3 is 1. The lowest BCUT2D eigenvalue weighted by Gasteiger charge is -2.03. The molecular formula is C16H16O2S2. The van der Waals surface area contributed by atoms with Gasteiger partial charge in [0.25, 0.3) is 0 Å². The number of Topliss-reactive ketones (excluding diaryl/α,β-unsaturated/α-hetero) is 1. The van der Waals surface area contributed by atoms with Crippen LogP contribution in [0.1, 0.15) is 15.9 Å². The third-order valence-electron chi connectivity index (χ3n) is 2.75. The Kier molecular flexibility index (Phi) is 6.02. The normalized spacial score (nSPS) is 10.2. The second-order valence-corrected chi connectivity index (χ2v) is 6.62. The van der Waals surface area contributed by atoms with E-state index < -0.39 is 0 Å². The molecule has 2 aromatic carbocycles. The Morgan fingerprint density at radius 3 is 2.35 bits per heavy atom. The first-order valence-electron chi connectivity index (χ1n) is 6.25. The molecular weight excluding hydrogens is 288 g/mol. The van der Waals surface area contributed by atoms with Crippen molar-refractivity contribution < 1.29 is 9.53 Å². The third kappa shape index (κ3) is 4.62. The monoisotopic (exact) mass is 304 g/mol. The van der Waals surface area contributed by atoms with Gasteiger partial charge in [0.15, 0.2) is 5.78 Å². The molecule has 4 heteroatoms. The van der Waals surface area contributed by atoms with Gasteiger partial charge in [-0.2, -0.15) is 0 Å². The maximum atomic E-state index is 12.0. The first-order chi connectivity index (χ1) is 9.79. The van der Waals surface area contributed by atoms with Crippen LogP contribution in [0.2, 0.25) is 0 Å². The van der Waals surface area contributed by atoms with Gasteiger partial charge in [-0.15, -0.1) is 0 Å². The molecule has 0 aromatic heterocycles. The lowest BCUT2D eigenvalue weighted by Crippen LogP contribution is -2.01. The van der Waals surface area contributed by atoms with Crippen molar-refractivity contribution in [3.05, 3.63) is 65.7 Å². The summed E-state index contributed by atoms with van der Waals surface area (Å²) in [7, 11) is 4.92. The molecule has 104 valence electrons. The molecule has 0 saturated carbocycles. The van der Waals surface area contributed by atoms with Gasteiger partial charge < -0.3 is 4.74 Å². The smallest absolute Gasteiger partial charge is 0.173 e. The molecule has 0 atom stereocenters. The van der Waals surface area contributed by atoms with Crippen molar-refractivity contribution in [2.24, 2.45) is 0 Å². The number of hydrogen-bond acceptors (Lipinski definition) is 4. The third-order valence-corrected chi connectivity index (χ3v) is 4.96. The molecule has 0 aliphatic rings. The molecule has 0 heterocycles. The van der Waals surface area contributed by atoms with Crippen LogP contribution in [-0.4, -0.2) is 18.6 Å². The summed E-state index contributed by atoms with van der Waals surface area (Å²) >= 11 is 0. The Morgan fingerprint density at radius 2 is 1.70 bits per heavy atom. The molecule has 0 spiro atoms. The van der Waals surface area contributed by atoms with Crippen LogP contribution in [0.4, 0.5) is 0 Å². The number of ketones is 1. The van der Waals surface area contributed by atoms with E-state index in [9.17, 15) is 4.79 Å². The van der Waals surface area contributed by atoms with Crippen molar-refractivity contribution in [1.82, 2.24) is 0 Å². The summed E-state index contributed by atoms with van der Waals surface area (Å²) in [6.45, 7) is 0. The van der Waals surface area contributed by atoms with E-state index in [2.05, 4.69) is 12.1 Å². The average Bonchev–Trinajstić information content (AvgIpc) is 2.52. The van der Waals surface area contributed by atoms with Gasteiger partial charge in [-0.05, 0) is 29.8 Å². The Hall–Kier alpha value is -1.39. The molecule has 0 unspecified atom stereocenters. The predicted octanol–water partition coefficient (Wildman–Crippen LogP) is 4.46. The minimum Gasteiger partial charge on any atom is -0.497 e. The maximum absolute atomic E-state index is 12.0. The average molecular weight is 304 g/mol. The molecule has 0 radical (unpaired) electrons. The molecule has 0 aliphatic heterocycles. The molecule has 0 amide bonds. The van der Waals surface area contributed by atoms with E-state index in [1.807, 2.05) is 42.5 Å². The summed E-state index contributed by atoms with van der Waals surface area (Å²) in [6.07, 6.45) is 0. The highest BCUT2D eigenvalue weighted by Crippen LogP contribution is 2.26. The minimum atomic E-state index is 0.151. The summed E-state index contributed by atoms with van der Waals surface area (Å²) in [5, 5.41) is 0. The molecule has 0 saturated heterocycles. The van der Waals surface area contributed by atoms with E-state index in [0.717, 1.165) is 17.1 Å². The molecule has 2 aromatic rings. The molecule has 0 bridgehead atoms. The topological polar surface area (TPSA) is 26.3 Å². The van der Waals surface area contributed by atoms with Crippen molar-refractivity contribution >= 4 is 27.4 Å². The van der Waals surface area contributed by atoms with Crippen molar-refractivity contribution in [3.8, 4) is 5.75 Å². The van der Waals surface area contributed by atoms with Crippen LogP contribution in [-0.2, 0) is 5.75 Å². The Morgan fingerprint density at radius 1 is 1.00 bits per heavy atom. The standard InChI is InChI=1S/C16H16O2S2/c1-18-15-9-7-14(8-10-15)16(17)12-20-19-11-13-5-3-2-4-6-13/h2-10H,11-12H2,1H3. The van der Waals surface area contributed by atoms with E-state index in [0.29, 0.717) is 5.75 Å². The van der Waals surface area contributed by atoms with E-state index in [-0.39, 0.29) is 5.78 Å². The van der Waals surface area contributed by atoms with Gasteiger partial charge in [0.1, 0.15) is 5.75 Å². The Labute approximate surface area is 127 Å². The summed E-state index contributed by atoms with van der Waals surface area (Å²) in [5.74, 6) is 2.33. The zero-order valence-electron chi connectivity index (χ0n) is 11.2. The highest BCUT2D eigenvalue weighted by atomic mass is 33.1. The predicted molar refractivity (Wildman–Crippen MR) is 87.5 cm³/mol. The second-order valence-electron chi connectivity index (χ2n) is 4.16. The SMILES string of the molecule is COc1ccc(C(=O)CSSCc2ccccc2)cc1. The van der Waals surface area contributed by atoms with E-state index in [1.54, 1.807) is 28.7 Å². The molecule has 2 rings (SSSR count). The molecule has 2 nitrogen and oxygen atoms in total. The van der Waals surface area contributed by atoms with Crippen LogP contribution in [0.5, 0.6) is 5.75 Å². The maximum Gasteiger partial charge on any atom is 0.173 e. The fourth-order valence-corrected chi connectivity index (χ4v) is 3.64. The first kappa shape index (κ1) is 15.0. The van der Waals surface area contributed by atoms with Gasteiger partial charge >= 0.3 is 0 Å². The Bertz CT molecular complexity index is 538. The fraction of sp³-hybridized carbons (Fsp3) is 0.188. The van der Waals surface area contributed by atoms with Gasteiger partial charge in [-0.3, -0.25) is 4.79 Å². The summed E-state index contributed by atoms with van der Waals surface area (Å²) in [6, 6.07) is 17.5. The summed E-state index contributed by atoms with van der Waals surface area (Å²) < 4.78 is 5.08. The minimum absolute atomic E-state index is 0.151. The molecule has 0 N–H and O–H groups in total. The van der Waals surface area contributed by atoms with Gasteiger partial charge in [-0.1, -0.05) is 51.9 Å². The van der Waals surface area contributed by atoms with Crippen LogP contribution < -0.4 is 4.74 Å². The zero-order chi connectivity index (χ0) is 14.2. The zero-order valence-corrected chi connectivity index (χ0v) is 12.9. The quantitative estimate of drug-likeness (QED) is 0.428. The van der Waals surface area contributed by atoms with Gasteiger partial charge in [0.2, 0.25) is 0 Å². The van der Waals surface area contributed by atoms with E-state index in [4.69, 9.17) is 4.74 Å². The van der Waals surface area contributed by atoms with Crippen LogP contribution in [0.3, 0.4) is 0 Å². The number of carbonyl (C=O) groups is 1. The number of ether oxygens (including phenoxy) is 1. The highest BCUT2D eigenvalue weighted by Gasteiger charge is 2.06. The fourth-order valence-electron chi connectivity index (χ4n) is 1.64. The molecule has 0 aliphatic carbocycles. The lowest BCUT2D eigenvalue weighted by molar-refractivity contribution is 0.102. The van der Waals surface area contributed by atoms with Gasteiger partial charge in [0, 0.05) is 11.3 Å². The van der Waals surface area contributed by atoms with Crippen molar-refractivity contribution in [2.45, 2.75) is 5.75 Å². The Balaban J connectivity index is 1.74. The second kappa shape index (κ2) is 8.02. The van der Waals surface area contributed by atoms with Gasteiger partial charge in [0.05, 0.1) is 12.9 Å². The number of rotatable bonds is 7. The number of benzene rings is 2. The largest absolute Gasteiger partial charge is 0.497 e. The van der Waals surface area contributed by atoms with E-state index in [1.165, 1.54) is 5.56 Å². The van der Waals surface area contributed by atoms with Crippen LogP contribution in [0, 0.1) is 0 Å². The molecule has 0 fully saturated rings. The van der Waals surface area contributed by atoms with Crippen LogP contribution >= 0.6 is 21.6 Å². The van der Waals surface area contributed by atoms with Crippen molar-refractivity contribution in [1.29, 1.82) is 0 Å². The number of hydrogen-bond donors (Lipinski definition) is 0. The summed E-state index contributed by atoms with van der Waals surface area (Å²) in [4.78, 5) is 12.0. The summed E-state index contributed by atoms with van der Waals surface area (Å²) in [5.41, 5.74) is 2.01. The first-order valence-corrected chi connectivity index (χ1v) is 8.74. The van der Waals surface area contributed by atoms with Crippen LogP contribution in [0.15, 0.2) is 54.6 Å². The van der Waals surface area contributed by atoms with Crippen molar-refractivity contribution in [2.75, 3.05) is 12.9 Å². The lowest BCUT2D eigenvalue weighted by atomic mass is 10.1. The van der Waals surface area contributed by atoms with Crippen molar-refractivity contribution in [3.63, 3.8) is 0 Å². The molecule has 20 heavy (non-hydrogen) atoms. The number of carbonyl (C=O) groups excluding carboxylic acids is 1. The van der Waals surface area contributed by atoms with E-state index >= 15 is 0 Å². The van der Waals surface area contributed by atoms with Crippen LogP contribution in [0.25, 0.3) is 0 Å². The highest BCUT2D eigenvalue weighted by molar-refractivity contribution is 8.76. The van der Waals surface area contributed by atoms with Gasteiger partial charge in [-0.25, -0.2) is 0 Å².